The maximum atomic E-state index is 12.9. The van der Waals surface area contributed by atoms with Gasteiger partial charge < -0.3 is 19.3 Å². The van der Waals surface area contributed by atoms with E-state index in [1.807, 2.05) is 11.0 Å². The second-order valence-electron chi connectivity index (χ2n) is 7.04. The van der Waals surface area contributed by atoms with E-state index in [1.165, 1.54) is 19.3 Å². The van der Waals surface area contributed by atoms with Crippen LogP contribution in [-0.2, 0) is 9.59 Å². The molecule has 0 bridgehead atoms. The highest BCUT2D eigenvalue weighted by Gasteiger charge is 2.37. The van der Waals surface area contributed by atoms with Gasteiger partial charge in [0.15, 0.2) is 11.5 Å². The van der Waals surface area contributed by atoms with Gasteiger partial charge in [-0.15, -0.1) is 0 Å². The molecular formula is C20H28N2O4. The number of anilines is 1. The van der Waals surface area contributed by atoms with Crippen LogP contribution < -0.4 is 14.4 Å². The Balaban J connectivity index is 1.70. The second kappa shape index (κ2) is 8.43. The lowest BCUT2D eigenvalue weighted by molar-refractivity contribution is -0.136. The van der Waals surface area contributed by atoms with E-state index in [9.17, 15) is 9.59 Å². The molecule has 2 aliphatic heterocycles. The molecule has 2 aliphatic rings. The molecule has 0 spiro atoms. The standard InChI is InChI=1S/C20H28N2O4/c1-25-17-9-8-16(13-18(17)26-2)22-14-15(12-19(22)23)20(24)21-10-6-4-3-5-7-11-21/h8-9,13,15H,3-7,10-12,14H2,1-2H3/t15-/m0/s1. The summed E-state index contributed by atoms with van der Waals surface area (Å²) in [4.78, 5) is 29.1. The Kier molecular flexibility index (Phi) is 6.01. The highest BCUT2D eigenvalue weighted by atomic mass is 16.5. The SMILES string of the molecule is COc1ccc(N2C[C@@H](C(=O)N3CCCCCCC3)CC2=O)cc1OC. The Morgan fingerprint density at radius 3 is 2.31 bits per heavy atom. The van der Waals surface area contributed by atoms with Crippen molar-refractivity contribution in [1.29, 1.82) is 0 Å². The van der Waals surface area contributed by atoms with Gasteiger partial charge in [-0.3, -0.25) is 9.59 Å². The Bertz CT molecular complexity index is 653. The highest BCUT2D eigenvalue weighted by Crippen LogP contribution is 2.34. The number of likely N-dealkylation sites (tertiary alicyclic amines) is 1. The minimum Gasteiger partial charge on any atom is -0.493 e. The van der Waals surface area contributed by atoms with Crippen LogP contribution in [0.2, 0.25) is 0 Å². The monoisotopic (exact) mass is 360 g/mol. The molecule has 2 fully saturated rings. The first kappa shape index (κ1) is 18.5. The lowest BCUT2D eigenvalue weighted by Crippen LogP contribution is -2.39. The second-order valence-corrected chi connectivity index (χ2v) is 7.04. The van der Waals surface area contributed by atoms with Gasteiger partial charge in [-0.25, -0.2) is 0 Å². The van der Waals surface area contributed by atoms with Crippen LogP contribution in [0.15, 0.2) is 18.2 Å². The first-order valence-corrected chi connectivity index (χ1v) is 9.45. The van der Waals surface area contributed by atoms with Crippen LogP contribution in [0.3, 0.4) is 0 Å². The lowest BCUT2D eigenvalue weighted by atomic mass is 10.0. The molecule has 2 amide bonds. The molecule has 0 aromatic heterocycles. The number of amides is 2. The first-order valence-electron chi connectivity index (χ1n) is 9.45. The topological polar surface area (TPSA) is 59.1 Å². The summed E-state index contributed by atoms with van der Waals surface area (Å²) in [7, 11) is 3.15. The van der Waals surface area contributed by atoms with Crippen molar-refractivity contribution in [3.63, 3.8) is 0 Å². The van der Waals surface area contributed by atoms with Crippen molar-refractivity contribution in [2.45, 2.75) is 38.5 Å². The average Bonchev–Trinajstić information content (AvgIpc) is 3.02. The van der Waals surface area contributed by atoms with Crippen molar-refractivity contribution in [2.24, 2.45) is 5.92 Å². The molecular weight excluding hydrogens is 332 g/mol. The molecule has 2 heterocycles. The number of rotatable bonds is 4. The summed E-state index contributed by atoms with van der Waals surface area (Å²) in [6, 6.07) is 5.41. The zero-order valence-corrected chi connectivity index (χ0v) is 15.7. The van der Waals surface area contributed by atoms with Gasteiger partial charge in [0.2, 0.25) is 11.8 Å². The van der Waals surface area contributed by atoms with Gasteiger partial charge in [0, 0.05) is 37.8 Å². The minimum atomic E-state index is -0.255. The van der Waals surface area contributed by atoms with Crippen molar-refractivity contribution in [2.75, 3.05) is 38.8 Å². The summed E-state index contributed by atoms with van der Waals surface area (Å²) in [5.41, 5.74) is 0.746. The molecule has 6 nitrogen and oxygen atoms in total. The number of methoxy groups -OCH3 is 2. The molecule has 6 heteroatoms. The fourth-order valence-corrected chi connectivity index (χ4v) is 3.84. The van der Waals surface area contributed by atoms with Gasteiger partial charge in [-0.05, 0) is 25.0 Å². The predicted molar refractivity (Wildman–Crippen MR) is 99.7 cm³/mol. The van der Waals surface area contributed by atoms with E-state index in [-0.39, 0.29) is 24.2 Å². The van der Waals surface area contributed by atoms with Crippen LogP contribution in [0.1, 0.15) is 38.5 Å². The Morgan fingerprint density at radius 1 is 1.00 bits per heavy atom. The van der Waals surface area contributed by atoms with Gasteiger partial charge in [-0.2, -0.15) is 0 Å². The number of nitrogens with zero attached hydrogens (tertiary/aromatic N) is 2. The quantitative estimate of drug-likeness (QED) is 0.828. The van der Waals surface area contributed by atoms with E-state index < -0.39 is 0 Å². The number of carbonyl (C=O) groups is 2. The number of ether oxygens (including phenoxy) is 2. The van der Waals surface area contributed by atoms with E-state index in [0.717, 1.165) is 31.6 Å². The Morgan fingerprint density at radius 2 is 1.65 bits per heavy atom. The molecule has 142 valence electrons. The van der Waals surface area contributed by atoms with E-state index in [4.69, 9.17) is 9.47 Å². The highest BCUT2D eigenvalue weighted by molar-refractivity contribution is 6.00. The van der Waals surface area contributed by atoms with E-state index >= 15 is 0 Å². The van der Waals surface area contributed by atoms with Crippen LogP contribution in [0, 0.1) is 5.92 Å². The first-order chi connectivity index (χ1) is 12.6. The average molecular weight is 360 g/mol. The van der Waals surface area contributed by atoms with Crippen molar-refractivity contribution in [3.05, 3.63) is 18.2 Å². The number of hydrogen-bond acceptors (Lipinski definition) is 4. The molecule has 0 saturated carbocycles. The Labute approximate surface area is 155 Å². The largest absolute Gasteiger partial charge is 0.493 e. The summed E-state index contributed by atoms with van der Waals surface area (Å²) < 4.78 is 10.6. The predicted octanol–water partition coefficient (Wildman–Crippen LogP) is 2.85. The Hall–Kier alpha value is -2.24. The number of hydrogen-bond donors (Lipinski definition) is 0. The molecule has 1 aromatic carbocycles. The molecule has 3 rings (SSSR count). The molecule has 0 N–H and O–H groups in total. The summed E-state index contributed by atoms with van der Waals surface area (Å²) in [5, 5.41) is 0. The zero-order valence-electron chi connectivity index (χ0n) is 15.7. The fourth-order valence-electron chi connectivity index (χ4n) is 3.84. The number of carbonyl (C=O) groups excluding carboxylic acids is 2. The summed E-state index contributed by atoms with van der Waals surface area (Å²) in [6.07, 6.45) is 6.04. The van der Waals surface area contributed by atoms with Crippen LogP contribution in [-0.4, -0.2) is 50.6 Å². The summed E-state index contributed by atoms with van der Waals surface area (Å²) in [6.45, 7) is 2.07. The molecule has 0 aliphatic carbocycles. The number of benzene rings is 1. The smallest absolute Gasteiger partial charge is 0.228 e. The lowest BCUT2D eigenvalue weighted by Gasteiger charge is -2.27. The van der Waals surface area contributed by atoms with Crippen molar-refractivity contribution in [1.82, 2.24) is 4.90 Å². The van der Waals surface area contributed by atoms with Crippen molar-refractivity contribution in [3.8, 4) is 11.5 Å². The van der Waals surface area contributed by atoms with Gasteiger partial charge in [0.25, 0.3) is 0 Å². The minimum absolute atomic E-state index is 0.0115. The molecule has 26 heavy (non-hydrogen) atoms. The van der Waals surface area contributed by atoms with Gasteiger partial charge in [-0.1, -0.05) is 19.3 Å². The maximum absolute atomic E-state index is 12.9. The van der Waals surface area contributed by atoms with Crippen LogP contribution in [0.5, 0.6) is 11.5 Å². The third-order valence-electron chi connectivity index (χ3n) is 5.32. The van der Waals surface area contributed by atoms with Gasteiger partial charge in [0.1, 0.15) is 0 Å². The molecule has 1 aromatic rings. The third kappa shape index (κ3) is 3.94. The molecule has 2 saturated heterocycles. The normalized spacial score (nSPS) is 21.3. The summed E-state index contributed by atoms with van der Waals surface area (Å²) in [5.74, 6) is 1.06. The van der Waals surface area contributed by atoms with Crippen molar-refractivity contribution >= 4 is 17.5 Å². The molecule has 0 radical (unpaired) electrons. The molecule has 0 unspecified atom stereocenters. The van der Waals surface area contributed by atoms with Gasteiger partial charge in [0.05, 0.1) is 20.1 Å². The van der Waals surface area contributed by atoms with Crippen molar-refractivity contribution < 1.29 is 19.1 Å². The van der Waals surface area contributed by atoms with Crippen LogP contribution in [0.4, 0.5) is 5.69 Å². The van der Waals surface area contributed by atoms with Crippen LogP contribution >= 0.6 is 0 Å². The molecule has 1 atom stereocenters. The maximum Gasteiger partial charge on any atom is 0.228 e. The van der Waals surface area contributed by atoms with E-state index in [2.05, 4.69) is 0 Å². The zero-order chi connectivity index (χ0) is 18.5. The third-order valence-corrected chi connectivity index (χ3v) is 5.32. The van der Waals surface area contributed by atoms with Crippen LogP contribution in [0.25, 0.3) is 0 Å². The fraction of sp³-hybridized carbons (Fsp3) is 0.600. The van der Waals surface area contributed by atoms with E-state index in [1.54, 1.807) is 31.3 Å². The van der Waals surface area contributed by atoms with E-state index in [0.29, 0.717) is 18.0 Å². The summed E-state index contributed by atoms with van der Waals surface area (Å²) >= 11 is 0. The van der Waals surface area contributed by atoms with Gasteiger partial charge >= 0.3 is 0 Å².